The Balaban J connectivity index is 2.34. The molecule has 0 fully saturated rings. The first-order valence-corrected chi connectivity index (χ1v) is 7.16. The van der Waals surface area contributed by atoms with Gasteiger partial charge in [-0.2, -0.15) is 5.26 Å². The van der Waals surface area contributed by atoms with Crippen LogP contribution < -0.4 is 5.32 Å². The predicted octanol–water partition coefficient (Wildman–Crippen LogP) is 4.04. The average molecular weight is 269 g/mol. The van der Waals surface area contributed by atoms with Gasteiger partial charge in [0.15, 0.2) is 0 Å². The van der Waals surface area contributed by atoms with Crippen molar-refractivity contribution in [3.63, 3.8) is 0 Å². The minimum atomic E-state index is 0.597. The molecule has 1 aromatic carbocycles. The van der Waals surface area contributed by atoms with Crippen molar-refractivity contribution >= 4 is 23.3 Å². The maximum Gasteiger partial charge on any atom is 0.148 e. The van der Waals surface area contributed by atoms with E-state index in [2.05, 4.69) is 16.4 Å². The first-order valence-electron chi connectivity index (χ1n) is 5.93. The molecule has 0 bridgehead atoms. The van der Waals surface area contributed by atoms with Crippen LogP contribution in [0.15, 0.2) is 35.2 Å². The standard InChI is InChI=1S/C15H15N3S/c1-10-8-11(2)17-15(14(10)9-16)18-12-4-6-13(19-3)7-5-12/h4-8H,1-3H3,(H,17,18). The Kier molecular flexibility index (Phi) is 4.08. The Bertz CT molecular complexity index is 627. The summed E-state index contributed by atoms with van der Waals surface area (Å²) >= 11 is 1.70. The highest BCUT2D eigenvalue weighted by atomic mass is 32.2. The molecule has 1 heterocycles. The van der Waals surface area contributed by atoms with E-state index in [9.17, 15) is 5.26 Å². The molecule has 2 rings (SSSR count). The number of benzene rings is 1. The summed E-state index contributed by atoms with van der Waals surface area (Å²) in [6.45, 7) is 3.85. The van der Waals surface area contributed by atoms with Crippen molar-refractivity contribution in [2.24, 2.45) is 0 Å². The monoisotopic (exact) mass is 269 g/mol. The van der Waals surface area contributed by atoms with E-state index in [-0.39, 0.29) is 0 Å². The number of nitrogens with one attached hydrogen (secondary N) is 1. The summed E-state index contributed by atoms with van der Waals surface area (Å²) in [5.74, 6) is 0.622. The van der Waals surface area contributed by atoms with Crippen LogP contribution in [-0.2, 0) is 0 Å². The summed E-state index contributed by atoms with van der Waals surface area (Å²) < 4.78 is 0. The van der Waals surface area contributed by atoms with Gasteiger partial charge >= 0.3 is 0 Å². The number of hydrogen-bond donors (Lipinski definition) is 1. The minimum Gasteiger partial charge on any atom is -0.339 e. The Morgan fingerprint density at radius 1 is 1.21 bits per heavy atom. The van der Waals surface area contributed by atoms with Gasteiger partial charge in [0.1, 0.15) is 11.9 Å². The Hall–Kier alpha value is -1.99. The maximum absolute atomic E-state index is 9.22. The van der Waals surface area contributed by atoms with Crippen LogP contribution in [0.3, 0.4) is 0 Å². The average Bonchev–Trinajstić information content (AvgIpc) is 2.39. The highest BCUT2D eigenvalue weighted by Crippen LogP contribution is 2.23. The van der Waals surface area contributed by atoms with Crippen LogP contribution >= 0.6 is 11.8 Å². The third kappa shape index (κ3) is 3.07. The minimum absolute atomic E-state index is 0.597. The first kappa shape index (κ1) is 13.4. The Morgan fingerprint density at radius 3 is 2.47 bits per heavy atom. The first-order chi connectivity index (χ1) is 9.13. The van der Waals surface area contributed by atoms with E-state index in [0.717, 1.165) is 16.9 Å². The predicted molar refractivity (Wildman–Crippen MR) is 79.9 cm³/mol. The van der Waals surface area contributed by atoms with Gasteiger partial charge in [0.2, 0.25) is 0 Å². The molecule has 96 valence electrons. The van der Waals surface area contributed by atoms with Gasteiger partial charge in [0, 0.05) is 16.3 Å². The molecule has 0 radical (unpaired) electrons. The van der Waals surface area contributed by atoms with Crippen LogP contribution in [-0.4, -0.2) is 11.2 Å². The third-order valence-electron chi connectivity index (χ3n) is 2.81. The van der Waals surface area contributed by atoms with Crippen LogP contribution in [0.2, 0.25) is 0 Å². The second-order valence-corrected chi connectivity index (χ2v) is 5.15. The molecular formula is C15H15N3S. The number of aromatic nitrogens is 1. The fourth-order valence-corrected chi connectivity index (χ4v) is 2.29. The van der Waals surface area contributed by atoms with Crippen molar-refractivity contribution in [3.8, 4) is 6.07 Å². The van der Waals surface area contributed by atoms with Crippen LogP contribution in [0, 0.1) is 25.2 Å². The Morgan fingerprint density at radius 2 is 1.89 bits per heavy atom. The van der Waals surface area contributed by atoms with Gasteiger partial charge in [0.05, 0.1) is 5.56 Å². The lowest BCUT2D eigenvalue weighted by atomic mass is 10.1. The second-order valence-electron chi connectivity index (χ2n) is 4.27. The quantitative estimate of drug-likeness (QED) is 0.854. The molecule has 1 aromatic heterocycles. The van der Waals surface area contributed by atoms with E-state index < -0.39 is 0 Å². The van der Waals surface area contributed by atoms with Crippen LogP contribution in [0.25, 0.3) is 0 Å². The number of rotatable bonds is 3. The number of aryl methyl sites for hydroxylation is 2. The maximum atomic E-state index is 9.22. The lowest BCUT2D eigenvalue weighted by Crippen LogP contribution is -2.00. The molecule has 0 amide bonds. The van der Waals surface area contributed by atoms with E-state index in [1.807, 2.05) is 50.4 Å². The summed E-state index contributed by atoms with van der Waals surface area (Å²) in [6, 6.07) is 12.2. The van der Waals surface area contributed by atoms with E-state index in [4.69, 9.17) is 0 Å². The number of anilines is 2. The van der Waals surface area contributed by atoms with Gasteiger partial charge in [0.25, 0.3) is 0 Å². The molecule has 1 N–H and O–H groups in total. The van der Waals surface area contributed by atoms with Crippen molar-refractivity contribution in [2.75, 3.05) is 11.6 Å². The molecule has 0 saturated carbocycles. The zero-order valence-electron chi connectivity index (χ0n) is 11.2. The highest BCUT2D eigenvalue weighted by molar-refractivity contribution is 7.98. The molecule has 0 spiro atoms. The molecule has 19 heavy (non-hydrogen) atoms. The zero-order chi connectivity index (χ0) is 13.8. The van der Waals surface area contributed by atoms with Crippen LogP contribution in [0.1, 0.15) is 16.8 Å². The van der Waals surface area contributed by atoms with Crippen molar-refractivity contribution in [1.29, 1.82) is 5.26 Å². The summed E-state index contributed by atoms with van der Waals surface area (Å²) in [6.07, 6.45) is 2.04. The molecule has 4 heteroatoms. The smallest absolute Gasteiger partial charge is 0.148 e. The number of pyridine rings is 1. The highest BCUT2D eigenvalue weighted by Gasteiger charge is 2.08. The van der Waals surface area contributed by atoms with Gasteiger partial charge in [-0.25, -0.2) is 4.98 Å². The van der Waals surface area contributed by atoms with Crippen LogP contribution in [0.5, 0.6) is 0 Å². The van der Waals surface area contributed by atoms with Crippen molar-refractivity contribution in [2.45, 2.75) is 18.7 Å². The van der Waals surface area contributed by atoms with E-state index in [1.54, 1.807) is 11.8 Å². The zero-order valence-corrected chi connectivity index (χ0v) is 12.0. The molecule has 2 aromatic rings. The number of thioether (sulfide) groups is 1. The third-order valence-corrected chi connectivity index (χ3v) is 3.55. The molecule has 3 nitrogen and oxygen atoms in total. The van der Waals surface area contributed by atoms with E-state index in [0.29, 0.717) is 11.4 Å². The van der Waals surface area contributed by atoms with Gasteiger partial charge in [-0.15, -0.1) is 11.8 Å². The largest absolute Gasteiger partial charge is 0.339 e. The molecule has 0 aliphatic carbocycles. The number of nitrogens with zero attached hydrogens (tertiary/aromatic N) is 2. The molecule has 0 aliphatic heterocycles. The van der Waals surface area contributed by atoms with Gasteiger partial charge in [-0.3, -0.25) is 0 Å². The summed E-state index contributed by atoms with van der Waals surface area (Å²) in [5.41, 5.74) is 3.38. The second kappa shape index (κ2) is 5.77. The lowest BCUT2D eigenvalue weighted by molar-refractivity contribution is 1.16. The molecule has 0 unspecified atom stereocenters. The fourth-order valence-electron chi connectivity index (χ4n) is 1.88. The normalized spacial score (nSPS) is 10.0. The molecule has 0 atom stereocenters. The summed E-state index contributed by atoms with van der Waals surface area (Å²) in [7, 11) is 0. The van der Waals surface area contributed by atoms with Crippen molar-refractivity contribution < 1.29 is 0 Å². The van der Waals surface area contributed by atoms with E-state index in [1.165, 1.54) is 4.90 Å². The van der Waals surface area contributed by atoms with E-state index >= 15 is 0 Å². The SMILES string of the molecule is CSc1ccc(Nc2nc(C)cc(C)c2C#N)cc1. The van der Waals surface area contributed by atoms with Gasteiger partial charge in [-0.05, 0) is 56.0 Å². The topological polar surface area (TPSA) is 48.7 Å². The Labute approximate surface area is 117 Å². The molecular weight excluding hydrogens is 254 g/mol. The van der Waals surface area contributed by atoms with Crippen molar-refractivity contribution in [3.05, 3.63) is 47.2 Å². The number of nitriles is 1. The van der Waals surface area contributed by atoms with Gasteiger partial charge < -0.3 is 5.32 Å². The summed E-state index contributed by atoms with van der Waals surface area (Å²) in [4.78, 5) is 5.61. The fraction of sp³-hybridized carbons (Fsp3) is 0.200. The van der Waals surface area contributed by atoms with Gasteiger partial charge in [-0.1, -0.05) is 0 Å². The lowest BCUT2D eigenvalue weighted by Gasteiger charge is -2.10. The number of hydrogen-bond acceptors (Lipinski definition) is 4. The molecule has 0 aliphatic rings. The van der Waals surface area contributed by atoms with Crippen LogP contribution in [0.4, 0.5) is 11.5 Å². The summed E-state index contributed by atoms with van der Waals surface area (Å²) in [5, 5.41) is 12.4. The molecule has 0 saturated heterocycles. The van der Waals surface area contributed by atoms with Crippen molar-refractivity contribution in [1.82, 2.24) is 4.98 Å².